The minimum Gasteiger partial charge on any atom is -0.487 e. The van der Waals surface area contributed by atoms with E-state index in [0.29, 0.717) is 12.4 Å². The number of halogens is 2. The number of aromatic nitrogens is 1. The quantitative estimate of drug-likeness (QED) is 0.611. The monoisotopic (exact) mass is 317 g/mol. The number of hydrogen-bond acceptors (Lipinski definition) is 1. The van der Waals surface area contributed by atoms with Crippen LogP contribution in [0.5, 0.6) is 5.75 Å². The van der Waals surface area contributed by atoms with Crippen molar-refractivity contribution in [2.45, 2.75) is 26.5 Å². The van der Waals surface area contributed by atoms with Crippen LogP contribution >= 0.6 is 11.6 Å². The predicted octanol–water partition coefficient (Wildman–Crippen LogP) is 5.59. The second kappa shape index (κ2) is 6.01. The molecule has 0 saturated heterocycles. The van der Waals surface area contributed by atoms with Crippen molar-refractivity contribution in [1.82, 2.24) is 4.57 Å². The highest BCUT2D eigenvalue weighted by molar-refractivity contribution is 6.35. The summed E-state index contributed by atoms with van der Waals surface area (Å²) in [5.41, 5.74) is 2.10. The Kier molecular flexibility index (Phi) is 4.08. The highest BCUT2D eigenvalue weighted by Crippen LogP contribution is 2.30. The van der Waals surface area contributed by atoms with Gasteiger partial charge in [-0.15, -0.1) is 0 Å². The number of benzene rings is 2. The van der Waals surface area contributed by atoms with Gasteiger partial charge in [-0.05, 0) is 44.2 Å². The standard InChI is InChI=1S/C18H17ClFNO/c1-12(2)21-14(10-16-17(19)7-4-8-18(16)21)11-22-15-6-3-5-13(20)9-15/h3-10,12H,11H2,1-2H3. The highest BCUT2D eigenvalue weighted by Gasteiger charge is 2.13. The Morgan fingerprint density at radius 1 is 1.14 bits per heavy atom. The molecule has 22 heavy (non-hydrogen) atoms. The summed E-state index contributed by atoms with van der Waals surface area (Å²) in [4.78, 5) is 0. The molecule has 2 aromatic carbocycles. The van der Waals surface area contributed by atoms with Gasteiger partial charge in [-0.1, -0.05) is 23.7 Å². The first-order valence-corrected chi connectivity index (χ1v) is 7.61. The van der Waals surface area contributed by atoms with Crippen LogP contribution in [0.1, 0.15) is 25.6 Å². The summed E-state index contributed by atoms with van der Waals surface area (Å²) in [5, 5.41) is 1.74. The van der Waals surface area contributed by atoms with Gasteiger partial charge in [0.15, 0.2) is 0 Å². The summed E-state index contributed by atoms with van der Waals surface area (Å²) in [6, 6.07) is 14.4. The van der Waals surface area contributed by atoms with Gasteiger partial charge in [-0.2, -0.15) is 0 Å². The van der Waals surface area contributed by atoms with Gasteiger partial charge in [0.05, 0.1) is 11.2 Å². The molecule has 3 rings (SSSR count). The summed E-state index contributed by atoms with van der Waals surface area (Å²) >= 11 is 6.28. The van der Waals surface area contributed by atoms with E-state index in [2.05, 4.69) is 18.4 Å². The Bertz CT molecular complexity index is 810. The average molecular weight is 318 g/mol. The van der Waals surface area contributed by atoms with E-state index in [9.17, 15) is 4.39 Å². The van der Waals surface area contributed by atoms with Crippen molar-refractivity contribution in [2.75, 3.05) is 0 Å². The molecule has 0 aliphatic carbocycles. The molecule has 0 atom stereocenters. The third-order valence-electron chi connectivity index (χ3n) is 3.61. The lowest BCUT2D eigenvalue weighted by Gasteiger charge is -2.15. The van der Waals surface area contributed by atoms with Crippen molar-refractivity contribution in [3.05, 3.63) is 65.1 Å². The van der Waals surface area contributed by atoms with E-state index in [0.717, 1.165) is 21.6 Å². The third-order valence-corrected chi connectivity index (χ3v) is 3.94. The first kappa shape index (κ1) is 14.9. The Morgan fingerprint density at radius 2 is 1.91 bits per heavy atom. The molecular formula is C18H17ClFNO. The first-order chi connectivity index (χ1) is 10.6. The van der Waals surface area contributed by atoms with E-state index < -0.39 is 0 Å². The van der Waals surface area contributed by atoms with Crippen LogP contribution in [0.2, 0.25) is 5.02 Å². The lowest BCUT2D eigenvalue weighted by atomic mass is 10.2. The van der Waals surface area contributed by atoms with Crippen LogP contribution in [0.15, 0.2) is 48.5 Å². The second-order valence-electron chi connectivity index (χ2n) is 5.52. The Labute approximate surface area is 134 Å². The molecule has 1 heterocycles. The molecule has 0 saturated carbocycles. The van der Waals surface area contributed by atoms with Gasteiger partial charge in [0.25, 0.3) is 0 Å². The fourth-order valence-corrected chi connectivity index (χ4v) is 2.93. The van der Waals surface area contributed by atoms with Gasteiger partial charge in [0.1, 0.15) is 18.2 Å². The molecule has 0 amide bonds. The van der Waals surface area contributed by atoms with E-state index in [1.807, 2.05) is 24.3 Å². The van der Waals surface area contributed by atoms with E-state index in [1.54, 1.807) is 12.1 Å². The van der Waals surface area contributed by atoms with Crippen LogP contribution in [0.25, 0.3) is 10.9 Å². The smallest absolute Gasteiger partial charge is 0.128 e. The molecule has 0 bridgehead atoms. The molecule has 3 aromatic rings. The van der Waals surface area contributed by atoms with Crippen LogP contribution in [-0.2, 0) is 6.61 Å². The zero-order valence-corrected chi connectivity index (χ0v) is 13.3. The topological polar surface area (TPSA) is 14.2 Å². The number of nitrogens with zero attached hydrogens (tertiary/aromatic N) is 1. The van der Waals surface area contributed by atoms with E-state index >= 15 is 0 Å². The van der Waals surface area contributed by atoms with Crippen molar-refractivity contribution in [3.63, 3.8) is 0 Å². The maximum atomic E-state index is 13.2. The van der Waals surface area contributed by atoms with Crippen molar-refractivity contribution >= 4 is 22.5 Å². The molecule has 4 heteroatoms. The Hall–Kier alpha value is -2.00. The normalized spacial score (nSPS) is 11.3. The number of rotatable bonds is 4. The first-order valence-electron chi connectivity index (χ1n) is 7.23. The van der Waals surface area contributed by atoms with Crippen LogP contribution in [-0.4, -0.2) is 4.57 Å². The minimum absolute atomic E-state index is 0.280. The van der Waals surface area contributed by atoms with Crippen LogP contribution in [0.4, 0.5) is 4.39 Å². The van der Waals surface area contributed by atoms with Gasteiger partial charge in [0.2, 0.25) is 0 Å². The molecule has 0 unspecified atom stereocenters. The highest BCUT2D eigenvalue weighted by atomic mass is 35.5. The summed E-state index contributed by atoms with van der Waals surface area (Å²) in [6.07, 6.45) is 0. The predicted molar refractivity (Wildman–Crippen MR) is 88.1 cm³/mol. The molecule has 1 aromatic heterocycles. The molecule has 114 valence electrons. The van der Waals surface area contributed by atoms with Gasteiger partial charge in [-0.3, -0.25) is 0 Å². The van der Waals surface area contributed by atoms with E-state index in [1.165, 1.54) is 12.1 Å². The van der Waals surface area contributed by atoms with Gasteiger partial charge in [-0.25, -0.2) is 4.39 Å². The molecule has 0 N–H and O–H groups in total. The summed E-state index contributed by atoms with van der Waals surface area (Å²) in [7, 11) is 0. The zero-order valence-electron chi connectivity index (χ0n) is 12.5. The maximum absolute atomic E-state index is 13.2. The van der Waals surface area contributed by atoms with Crippen molar-refractivity contribution in [2.24, 2.45) is 0 Å². The van der Waals surface area contributed by atoms with E-state index in [4.69, 9.17) is 16.3 Å². The largest absolute Gasteiger partial charge is 0.487 e. The number of ether oxygens (including phenoxy) is 1. The SMILES string of the molecule is CC(C)n1c(COc2cccc(F)c2)cc2c(Cl)cccc21. The average Bonchev–Trinajstić information content (AvgIpc) is 2.85. The summed E-state index contributed by atoms with van der Waals surface area (Å²) in [5.74, 6) is 0.219. The summed E-state index contributed by atoms with van der Waals surface area (Å²) in [6.45, 7) is 4.60. The lowest BCUT2D eigenvalue weighted by Crippen LogP contribution is -2.08. The minimum atomic E-state index is -0.301. The van der Waals surface area contributed by atoms with Crippen molar-refractivity contribution in [3.8, 4) is 5.75 Å². The second-order valence-corrected chi connectivity index (χ2v) is 5.93. The molecule has 0 aliphatic rings. The Balaban J connectivity index is 1.96. The van der Waals surface area contributed by atoms with Crippen LogP contribution in [0, 0.1) is 5.82 Å². The fraction of sp³-hybridized carbons (Fsp3) is 0.222. The third kappa shape index (κ3) is 2.81. The van der Waals surface area contributed by atoms with E-state index in [-0.39, 0.29) is 11.9 Å². The van der Waals surface area contributed by atoms with Crippen LogP contribution in [0.3, 0.4) is 0 Å². The summed E-state index contributed by atoms with van der Waals surface area (Å²) < 4.78 is 21.1. The Morgan fingerprint density at radius 3 is 2.64 bits per heavy atom. The molecule has 0 aliphatic heterocycles. The molecule has 0 spiro atoms. The van der Waals surface area contributed by atoms with Crippen molar-refractivity contribution in [1.29, 1.82) is 0 Å². The van der Waals surface area contributed by atoms with Gasteiger partial charge in [0, 0.05) is 22.5 Å². The maximum Gasteiger partial charge on any atom is 0.128 e. The van der Waals surface area contributed by atoms with Crippen molar-refractivity contribution < 1.29 is 9.13 Å². The molecule has 0 radical (unpaired) electrons. The van der Waals surface area contributed by atoms with Gasteiger partial charge >= 0.3 is 0 Å². The molecular weight excluding hydrogens is 301 g/mol. The molecule has 2 nitrogen and oxygen atoms in total. The zero-order chi connectivity index (χ0) is 15.7. The fourth-order valence-electron chi connectivity index (χ4n) is 2.70. The molecule has 0 fully saturated rings. The number of hydrogen-bond donors (Lipinski definition) is 0. The van der Waals surface area contributed by atoms with Gasteiger partial charge < -0.3 is 9.30 Å². The number of fused-ring (bicyclic) bond motifs is 1. The lowest BCUT2D eigenvalue weighted by molar-refractivity contribution is 0.291. The van der Waals surface area contributed by atoms with Crippen LogP contribution < -0.4 is 4.74 Å².